The molecule has 19 heteroatoms. The van der Waals surface area contributed by atoms with Gasteiger partial charge in [-0.25, -0.2) is 9.13 Å². The lowest BCUT2D eigenvalue weighted by Crippen LogP contribution is -2.30. The Bertz CT molecular complexity index is 2070. The number of hydrogen-bond donors (Lipinski definition) is 3. The number of phosphoric ester groups is 2. The SMILES string of the molecule is CC/C=C\C/C=C\C/C=C\C/C=C\CCCCCCC(=O)OCC(COP(=O)(O)OCC(O)COP(=O)(O)OCC(COC(=O)CCCCCCC/C=C\CCCC)OC(=O)CCCCCCC/C=C\CCCC)OC(=O)CCCCCCCCCCCCCCCCC. The van der Waals surface area contributed by atoms with Crippen molar-refractivity contribution in [3.8, 4) is 0 Å². The Morgan fingerprint density at radius 1 is 0.309 bits per heavy atom. The summed E-state index contributed by atoms with van der Waals surface area (Å²) in [6, 6.07) is 0. The van der Waals surface area contributed by atoms with Gasteiger partial charge in [-0.2, -0.15) is 0 Å². The van der Waals surface area contributed by atoms with Crippen molar-refractivity contribution >= 4 is 39.5 Å². The van der Waals surface area contributed by atoms with E-state index in [2.05, 4.69) is 101 Å². The van der Waals surface area contributed by atoms with Crippen LogP contribution in [-0.2, 0) is 65.4 Å². The summed E-state index contributed by atoms with van der Waals surface area (Å²) < 4.78 is 68.3. The number of hydrogen-bond acceptors (Lipinski definition) is 15. The molecule has 0 saturated heterocycles. The first-order valence-electron chi connectivity index (χ1n) is 37.2. The first-order valence-corrected chi connectivity index (χ1v) is 40.2. The molecule has 0 radical (unpaired) electrons. The molecule has 0 bridgehead atoms. The molecule has 0 heterocycles. The van der Waals surface area contributed by atoms with Gasteiger partial charge in [0, 0.05) is 25.7 Å². The average molecular weight is 1370 g/mol. The molecule has 0 aromatic carbocycles. The molecule has 0 fully saturated rings. The highest BCUT2D eigenvalue weighted by atomic mass is 31.2. The molecule has 5 unspecified atom stereocenters. The fourth-order valence-electron chi connectivity index (χ4n) is 9.94. The van der Waals surface area contributed by atoms with Crippen molar-refractivity contribution in [2.45, 2.75) is 341 Å². The lowest BCUT2D eigenvalue weighted by molar-refractivity contribution is -0.161. The Morgan fingerprint density at radius 3 is 0.894 bits per heavy atom. The standard InChI is InChI=1S/C75H134O17P2/c1-5-9-13-17-21-25-29-31-33-34-36-37-41-44-48-52-56-60-73(78)86-66-71(92-75(80)62-58-54-50-46-42-38-35-32-30-26-22-18-14-10-6-2)68-90-94(83,84)88-64-69(76)63-87-93(81,82)89-67-70(91-74(79)61-57-53-49-45-40-28-24-20-16-12-8-4)65-85-72(77)59-55-51-47-43-39-27-23-19-15-11-7-3/h9,13,19-21,23-25,31,33,36-37,69-71,76H,5-8,10-12,14-18,22,26-30,32,34-35,38-68H2,1-4H3,(H,81,82)(H,83,84)/b13-9-,23-19-,24-20-,25-21-,33-31-,37-36-. The number of esters is 4. The first-order chi connectivity index (χ1) is 45.7. The summed E-state index contributed by atoms with van der Waals surface area (Å²) in [5, 5.41) is 10.6. The van der Waals surface area contributed by atoms with E-state index in [1.165, 1.54) is 89.9 Å². The van der Waals surface area contributed by atoms with Crippen molar-refractivity contribution in [3.05, 3.63) is 72.9 Å². The maximum Gasteiger partial charge on any atom is 0.472 e. The maximum absolute atomic E-state index is 13.1. The summed E-state index contributed by atoms with van der Waals surface area (Å²) in [6.07, 6.45) is 66.2. The number of aliphatic hydroxyl groups is 1. The van der Waals surface area contributed by atoms with Crippen molar-refractivity contribution in [2.75, 3.05) is 39.6 Å². The van der Waals surface area contributed by atoms with Crippen LogP contribution in [0.5, 0.6) is 0 Å². The van der Waals surface area contributed by atoms with Gasteiger partial charge in [-0.15, -0.1) is 0 Å². The minimum atomic E-state index is -4.97. The lowest BCUT2D eigenvalue weighted by atomic mass is 10.0. The molecular weight excluding hydrogens is 1230 g/mol. The van der Waals surface area contributed by atoms with Crippen LogP contribution in [0, 0.1) is 0 Å². The summed E-state index contributed by atoms with van der Waals surface area (Å²) in [5.41, 5.74) is 0. The molecule has 0 rings (SSSR count). The van der Waals surface area contributed by atoms with E-state index in [1.54, 1.807) is 0 Å². The van der Waals surface area contributed by atoms with Crippen molar-refractivity contribution in [1.29, 1.82) is 0 Å². The van der Waals surface area contributed by atoms with Crippen molar-refractivity contribution < 1.29 is 80.2 Å². The van der Waals surface area contributed by atoms with Gasteiger partial charge < -0.3 is 33.8 Å². The van der Waals surface area contributed by atoms with Gasteiger partial charge in [-0.3, -0.25) is 37.3 Å². The molecule has 0 aliphatic rings. The number of carbonyl (C=O) groups is 4. The van der Waals surface area contributed by atoms with E-state index in [9.17, 15) is 43.2 Å². The van der Waals surface area contributed by atoms with E-state index in [-0.39, 0.29) is 25.7 Å². The van der Waals surface area contributed by atoms with E-state index in [4.69, 9.17) is 37.0 Å². The average Bonchev–Trinajstić information content (AvgIpc) is 1.29. The highest BCUT2D eigenvalue weighted by Gasteiger charge is 2.30. The molecule has 94 heavy (non-hydrogen) atoms. The molecule has 0 saturated carbocycles. The molecule has 5 atom stereocenters. The van der Waals surface area contributed by atoms with Gasteiger partial charge in [-0.1, -0.05) is 268 Å². The summed E-state index contributed by atoms with van der Waals surface area (Å²) in [7, 11) is -9.94. The molecule has 0 amide bonds. The summed E-state index contributed by atoms with van der Waals surface area (Å²) in [4.78, 5) is 72.6. The molecule has 0 aromatic rings. The third-order valence-corrected chi connectivity index (χ3v) is 17.6. The lowest BCUT2D eigenvalue weighted by Gasteiger charge is -2.21. The fraction of sp³-hybridized carbons (Fsp3) is 0.787. The minimum absolute atomic E-state index is 0.0853. The van der Waals surface area contributed by atoms with Crippen LogP contribution in [0.25, 0.3) is 0 Å². The zero-order chi connectivity index (χ0) is 69.0. The number of rotatable bonds is 70. The summed E-state index contributed by atoms with van der Waals surface area (Å²) >= 11 is 0. The van der Waals surface area contributed by atoms with Crippen LogP contribution in [0.1, 0.15) is 323 Å². The van der Waals surface area contributed by atoms with E-state index in [0.29, 0.717) is 25.7 Å². The van der Waals surface area contributed by atoms with E-state index in [1.807, 2.05) is 0 Å². The Hall–Kier alpha value is -3.50. The second-order valence-corrected chi connectivity index (χ2v) is 27.8. The number of phosphoric acid groups is 2. The highest BCUT2D eigenvalue weighted by Crippen LogP contribution is 2.45. The van der Waals surface area contributed by atoms with Gasteiger partial charge in [0.15, 0.2) is 12.2 Å². The van der Waals surface area contributed by atoms with Crippen molar-refractivity contribution in [1.82, 2.24) is 0 Å². The molecule has 0 aromatic heterocycles. The minimum Gasteiger partial charge on any atom is -0.462 e. The number of carbonyl (C=O) groups excluding carboxylic acids is 4. The van der Waals surface area contributed by atoms with Crippen LogP contribution < -0.4 is 0 Å². The zero-order valence-corrected chi connectivity index (χ0v) is 61.2. The van der Waals surface area contributed by atoms with Gasteiger partial charge in [-0.05, 0) is 103 Å². The molecule has 0 aliphatic carbocycles. The monoisotopic (exact) mass is 1370 g/mol. The molecule has 3 N–H and O–H groups in total. The van der Waals surface area contributed by atoms with Crippen LogP contribution in [0.2, 0.25) is 0 Å². The van der Waals surface area contributed by atoms with Crippen LogP contribution in [0.4, 0.5) is 0 Å². The predicted octanol–water partition coefficient (Wildman–Crippen LogP) is 20.9. The number of aliphatic hydroxyl groups excluding tert-OH is 1. The third kappa shape index (κ3) is 67.1. The molecule has 546 valence electrons. The van der Waals surface area contributed by atoms with Crippen molar-refractivity contribution in [3.63, 3.8) is 0 Å². The quantitative estimate of drug-likeness (QED) is 0.0169. The Balaban J connectivity index is 5.32. The van der Waals surface area contributed by atoms with E-state index in [0.717, 1.165) is 154 Å². The van der Waals surface area contributed by atoms with Gasteiger partial charge in [0.1, 0.15) is 19.3 Å². The number of unbranched alkanes of at least 4 members (excludes halogenated alkanes) is 32. The Morgan fingerprint density at radius 2 is 0.564 bits per heavy atom. The number of allylic oxidation sites excluding steroid dienone is 12. The number of ether oxygens (including phenoxy) is 4. The second-order valence-electron chi connectivity index (χ2n) is 24.9. The van der Waals surface area contributed by atoms with Crippen molar-refractivity contribution in [2.24, 2.45) is 0 Å². The summed E-state index contributed by atoms with van der Waals surface area (Å²) in [6.45, 7) is 4.66. The Kier molecular flexibility index (Phi) is 65.5. The van der Waals surface area contributed by atoms with E-state index < -0.39 is 97.5 Å². The second kappa shape index (κ2) is 68.0. The first kappa shape index (κ1) is 90.5. The van der Waals surface area contributed by atoms with Crippen LogP contribution in [0.3, 0.4) is 0 Å². The van der Waals surface area contributed by atoms with Gasteiger partial charge >= 0.3 is 39.5 Å². The van der Waals surface area contributed by atoms with Gasteiger partial charge in [0.25, 0.3) is 0 Å². The Labute approximate surface area is 571 Å². The third-order valence-electron chi connectivity index (χ3n) is 15.7. The predicted molar refractivity (Wildman–Crippen MR) is 381 cm³/mol. The normalized spacial score (nSPS) is 14.4. The van der Waals surface area contributed by atoms with Crippen LogP contribution in [-0.4, -0.2) is 96.7 Å². The van der Waals surface area contributed by atoms with Gasteiger partial charge in [0.05, 0.1) is 26.4 Å². The largest absolute Gasteiger partial charge is 0.472 e. The smallest absolute Gasteiger partial charge is 0.462 e. The van der Waals surface area contributed by atoms with Crippen LogP contribution >= 0.6 is 15.6 Å². The highest BCUT2D eigenvalue weighted by molar-refractivity contribution is 7.47. The molecule has 17 nitrogen and oxygen atoms in total. The molecule has 0 aliphatic heterocycles. The summed E-state index contributed by atoms with van der Waals surface area (Å²) in [5.74, 6) is -2.20. The van der Waals surface area contributed by atoms with Crippen LogP contribution in [0.15, 0.2) is 72.9 Å². The maximum atomic E-state index is 13.1. The molecular formula is C75H134O17P2. The topological polar surface area (TPSA) is 237 Å². The zero-order valence-electron chi connectivity index (χ0n) is 59.4. The van der Waals surface area contributed by atoms with Gasteiger partial charge in [0.2, 0.25) is 0 Å². The van der Waals surface area contributed by atoms with E-state index >= 15 is 0 Å². The fourth-order valence-corrected chi connectivity index (χ4v) is 11.5. The molecule has 0 spiro atoms.